The molecule has 0 aromatic rings. The van der Waals surface area contributed by atoms with Crippen LogP contribution in [0.15, 0.2) is 17.9 Å². The van der Waals surface area contributed by atoms with Gasteiger partial charge in [-0.25, -0.2) is 0 Å². The van der Waals surface area contributed by atoms with Gasteiger partial charge in [-0.15, -0.1) is 5.73 Å². The second kappa shape index (κ2) is 9.05. The van der Waals surface area contributed by atoms with Gasteiger partial charge in [0.1, 0.15) is 0 Å². The zero-order valence-corrected chi connectivity index (χ0v) is 9.68. The van der Waals surface area contributed by atoms with Gasteiger partial charge >= 0.3 is 0 Å². The molecule has 0 saturated heterocycles. The molecule has 1 heteroatoms. The van der Waals surface area contributed by atoms with Crippen LogP contribution in [0, 0.1) is 0 Å². The van der Waals surface area contributed by atoms with E-state index in [-0.39, 0.29) is 6.10 Å². The Hall–Kier alpha value is -0.520. The Morgan fingerprint density at radius 1 is 1.29 bits per heavy atom. The van der Waals surface area contributed by atoms with Gasteiger partial charge in [0, 0.05) is 6.42 Å². The standard InChI is InChI=1S/C13H24O/c1-4-7-8-9-10-12(5-2)11-13(14)6-3/h13-14H,2,4,6-11H2,1,3H3/t13-/m0/s1. The summed E-state index contributed by atoms with van der Waals surface area (Å²) in [6.45, 7) is 7.89. The Labute approximate surface area is 88.5 Å². The largest absolute Gasteiger partial charge is 0.393 e. The molecule has 0 aliphatic carbocycles. The van der Waals surface area contributed by atoms with Crippen molar-refractivity contribution in [3.63, 3.8) is 0 Å². The van der Waals surface area contributed by atoms with E-state index < -0.39 is 0 Å². The molecule has 82 valence electrons. The SMILES string of the molecule is C=C=C(CCCCCC)C[C@@H](O)CC. The predicted octanol–water partition coefficient (Wildman–Crippen LogP) is 3.83. The van der Waals surface area contributed by atoms with Crippen LogP contribution in [0.5, 0.6) is 0 Å². The Balaban J connectivity index is 3.65. The van der Waals surface area contributed by atoms with Gasteiger partial charge in [-0.2, -0.15) is 0 Å². The number of hydrogen-bond donors (Lipinski definition) is 1. The molecule has 1 N–H and O–H groups in total. The second-order valence-electron chi connectivity index (χ2n) is 3.86. The fraction of sp³-hybridized carbons (Fsp3) is 0.769. The lowest BCUT2D eigenvalue weighted by atomic mass is 10.0. The topological polar surface area (TPSA) is 20.2 Å². The van der Waals surface area contributed by atoms with E-state index in [1.54, 1.807) is 0 Å². The maximum atomic E-state index is 9.47. The Morgan fingerprint density at radius 3 is 2.50 bits per heavy atom. The van der Waals surface area contributed by atoms with Crippen LogP contribution >= 0.6 is 0 Å². The lowest BCUT2D eigenvalue weighted by Crippen LogP contribution is -2.05. The molecule has 1 atom stereocenters. The van der Waals surface area contributed by atoms with Crippen molar-refractivity contribution in [3.8, 4) is 0 Å². The monoisotopic (exact) mass is 196 g/mol. The van der Waals surface area contributed by atoms with Gasteiger partial charge in [-0.1, -0.05) is 39.7 Å². The molecule has 1 nitrogen and oxygen atoms in total. The molecule has 0 bridgehead atoms. The predicted molar refractivity (Wildman–Crippen MR) is 62.3 cm³/mol. The van der Waals surface area contributed by atoms with E-state index >= 15 is 0 Å². The van der Waals surface area contributed by atoms with E-state index in [1.165, 1.54) is 31.3 Å². The van der Waals surface area contributed by atoms with Crippen molar-refractivity contribution in [1.29, 1.82) is 0 Å². The number of aliphatic hydroxyl groups excluding tert-OH is 1. The minimum atomic E-state index is -0.203. The van der Waals surface area contributed by atoms with E-state index in [1.807, 2.05) is 6.92 Å². The molecule has 0 aliphatic heterocycles. The zero-order chi connectivity index (χ0) is 10.8. The van der Waals surface area contributed by atoms with Gasteiger partial charge in [0.2, 0.25) is 0 Å². The summed E-state index contributed by atoms with van der Waals surface area (Å²) in [7, 11) is 0. The van der Waals surface area contributed by atoms with E-state index in [0.29, 0.717) is 0 Å². The number of aliphatic hydroxyl groups is 1. The summed E-state index contributed by atoms with van der Waals surface area (Å²) in [6, 6.07) is 0. The van der Waals surface area contributed by atoms with Crippen LogP contribution < -0.4 is 0 Å². The van der Waals surface area contributed by atoms with E-state index in [9.17, 15) is 5.11 Å². The first-order valence-corrected chi connectivity index (χ1v) is 5.80. The fourth-order valence-corrected chi connectivity index (χ4v) is 1.46. The molecule has 0 aromatic heterocycles. The zero-order valence-electron chi connectivity index (χ0n) is 9.68. The maximum absolute atomic E-state index is 9.47. The normalized spacial score (nSPS) is 12.2. The van der Waals surface area contributed by atoms with Gasteiger partial charge in [-0.3, -0.25) is 0 Å². The van der Waals surface area contributed by atoms with Crippen molar-refractivity contribution < 1.29 is 5.11 Å². The first-order chi connectivity index (χ1) is 6.74. The Morgan fingerprint density at radius 2 is 2.00 bits per heavy atom. The van der Waals surface area contributed by atoms with Crippen LogP contribution in [0.3, 0.4) is 0 Å². The Kier molecular flexibility index (Phi) is 8.72. The van der Waals surface area contributed by atoms with Crippen molar-refractivity contribution in [2.45, 2.75) is 64.9 Å². The van der Waals surface area contributed by atoms with Gasteiger partial charge in [-0.05, 0) is 24.8 Å². The summed E-state index contributed by atoms with van der Waals surface area (Å²) in [5, 5.41) is 9.47. The molecule has 0 aliphatic rings. The van der Waals surface area contributed by atoms with Crippen molar-refractivity contribution in [1.82, 2.24) is 0 Å². The smallest absolute Gasteiger partial charge is 0.0580 e. The molecular formula is C13H24O. The molecule has 14 heavy (non-hydrogen) atoms. The summed E-state index contributed by atoms with van der Waals surface area (Å²) in [6.07, 6.45) is 7.50. The molecule has 0 rings (SSSR count). The van der Waals surface area contributed by atoms with Crippen LogP contribution in [0.2, 0.25) is 0 Å². The van der Waals surface area contributed by atoms with Crippen molar-refractivity contribution >= 4 is 0 Å². The fourth-order valence-electron chi connectivity index (χ4n) is 1.46. The van der Waals surface area contributed by atoms with Gasteiger partial charge in [0.05, 0.1) is 6.10 Å². The summed E-state index contributed by atoms with van der Waals surface area (Å²) < 4.78 is 0. The number of hydrogen-bond acceptors (Lipinski definition) is 1. The third kappa shape index (κ3) is 6.94. The lowest BCUT2D eigenvalue weighted by molar-refractivity contribution is 0.169. The van der Waals surface area contributed by atoms with Gasteiger partial charge in [0.15, 0.2) is 0 Å². The van der Waals surface area contributed by atoms with E-state index in [4.69, 9.17) is 0 Å². The third-order valence-corrected chi connectivity index (χ3v) is 2.54. The quantitative estimate of drug-likeness (QED) is 0.462. The first-order valence-electron chi connectivity index (χ1n) is 5.80. The van der Waals surface area contributed by atoms with Crippen molar-refractivity contribution in [2.24, 2.45) is 0 Å². The molecular weight excluding hydrogens is 172 g/mol. The molecule has 0 spiro atoms. The highest BCUT2D eigenvalue weighted by atomic mass is 16.3. The summed E-state index contributed by atoms with van der Waals surface area (Å²) >= 11 is 0. The molecule has 0 fully saturated rings. The minimum absolute atomic E-state index is 0.203. The maximum Gasteiger partial charge on any atom is 0.0580 e. The molecule has 0 saturated carbocycles. The highest BCUT2D eigenvalue weighted by molar-refractivity contribution is 5.00. The van der Waals surface area contributed by atoms with Gasteiger partial charge in [0.25, 0.3) is 0 Å². The van der Waals surface area contributed by atoms with Crippen LogP contribution in [-0.2, 0) is 0 Å². The number of rotatable bonds is 8. The summed E-state index contributed by atoms with van der Waals surface area (Å²) in [4.78, 5) is 0. The molecule has 0 heterocycles. The highest BCUT2D eigenvalue weighted by Gasteiger charge is 2.04. The average molecular weight is 196 g/mol. The lowest BCUT2D eigenvalue weighted by Gasteiger charge is -2.09. The molecule has 0 unspecified atom stereocenters. The van der Waals surface area contributed by atoms with Crippen LogP contribution in [0.1, 0.15) is 58.8 Å². The minimum Gasteiger partial charge on any atom is -0.393 e. The van der Waals surface area contributed by atoms with Crippen molar-refractivity contribution in [2.75, 3.05) is 0 Å². The Bertz CT molecular complexity index is 178. The summed E-state index contributed by atoms with van der Waals surface area (Å²) in [5.74, 6) is 0. The third-order valence-electron chi connectivity index (χ3n) is 2.54. The first kappa shape index (κ1) is 13.5. The van der Waals surface area contributed by atoms with E-state index in [2.05, 4.69) is 19.2 Å². The van der Waals surface area contributed by atoms with E-state index in [0.717, 1.165) is 19.3 Å². The van der Waals surface area contributed by atoms with Crippen LogP contribution in [0.25, 0.3) is 0 Å². The van der Waals surface area contributed by atoms with Crippen LogP contribution in [-0.4, -0.2) is 11.2 Å². The van der Waals surface area contributed by atoms with Crippen molar-refractivity contribution in [3.05, 3.63) is 17.9 Å². The molecule has 0 amide bonds. The second-order valence-corrected chi connectivity index (χ2v) is 3.86. The molecule has 0 aromatic carbocycles. The van der Waals surface area contributed by atoms with Gasteiger partial charge < -0.3 is 5.11 Å². The summed E-state index contributed by atoms with van der Waals surface area (Å²) in [5.41, 5.74) is 4.14. The number of unbranched alkanes of at least 4 members (excludes halogenated alkanes) is 3. The average Bonchev–Trinajstić information content (AvgIpc) is 2.22. The highest BCUT2D eigenvalue weighted by Crippen LogP contribution is 2.15. The molecule has 0 radical (unpaired) electrons. The van der Waals surface area contributed by atoms with Crippen LogP contribution in [0.4, 0.5) is 0 Å².